The van der Waals surface area contributed by atoms with Crippen molar-refractivity contribution in [3.8, 4) is 5.75 Å². The van der Waals surface area contributed by atoms with Gasteiger partial charge >= 0.3 is 0 Å². The first-order chi connectivity index (χ1) is 16.5. The van der Waals surface area contributed by atoms with Gasteiger partial charge in [0.15, 0.2) is 0 Å². The Morgan fingerprint density at radius 2 is 1.97 bits per heavy atom. The number of aromatic nitrogens is 1. The summed E-state index contributed by atoms with van der Waals surface area (Å²) >= 11 is 6.13. The van der Waals surface area contributed by atoms with Crippen LogP contribution in [0.25, 0.3) is 0 Å². The van der Waals surface area contributed by atoms with E-state index in [2.05, 4.69) is 14.7 Å². The Morgan fingerprint density at radius 1 is 1.23 bits per heavy atom. The third-order valence-electron chi connectivity index (χ3n) is 4.75. The predicted octanol–water partition coefficient (Wildman–Crippen LogP) is 4.47. The molecule has 0 saturated heterocycles. The summed E-state index contributed by atoms with van der Waals surface area (Å²) in [6.45, 7) is 1.64. The number of hydrogen-bond donors (Lipinski definition) is 1. The summed E-state index contributed by atoms with van der Waals surface area (Å²) in [6, 6.07) is 13.9. The Kier molecular flexibility index (Phi) is 8.42. The van der Waals surface area contributed by atoms with Crippen LogP contribution in [0.1, 0.15) is 24.2 Å². The molecule has 35 heavy (non-hydrogen) atoms. The second-order valence-electron chi connectivity index (χ2n) is 7.81. The van der Waals surface area contributed by atoms with Gasteiger partial charge in [-0.1, -0.05) is 35.9 Å². The van der Waals surface area contributed by atoms with E-state index >= 15 is 0 Å². The summed E-state index contributed by atoms with van der Waals surface area (Å²) in [7, 11) is -0.879. The smallest absolute Gasteiger partial charge is 0.284 e. The van der Waals surface area contributed by atoms with Crippen molar-refractivity contribution < 1.29 is 22.3 Å². The van der Waals surface area contributed by atoms with Gasteiger partial charge in [0.1, 0.15) is 18.2 Å². The molecular formula is C24H24ClFN4O4S. The van der Waals surface area contributed by atoms with Gasteiger partial charge in [0, 0.05) is 30.4 Å². The Morgan fingerprint density at radius 3 is 2.63 bits per heavy atom. The quantitative estimate of drug-likeness (QED) is 0.255. The van der Waals surface area contributed by atoms with Crippen molar-refractivity contribution in [2.45, 2.75) is 24.3 Å². The Labute approximate surface area is 208 Å². The zero-order valence-electron chi connectivity index (χ0n) is 19.3. The molecule has 1 atom stereocenters. The number of carbonyl (C=O) groups is 1. The van der Waals surface area contributed by atoms with Crippen molar-refractivity contribution in [2.75, 3.05) is 19.4 Å². The SMILES string of the molecule is CC(Oc1ccc(F)nc1)c1ccc(NC(=O)Cc2ccccc2Cl)cc1S(=O)(=O)N=CN(C)C. The molecule has 184 valence electrons. The third-order valence-corrected chi connectivity index (χ3v) is 6.40. The highest BCUT2D eigenvalue weighted by Gasteiger charge is 2.23. The fourth-order valence-corrected chi connectivity index (χ4v) is 4.54. The number of amides is 1. The zero-order chi connectivity index (χ0) is 25.6. The normalized spacial score (nSPS) is 12.4. The van der Waals surface area contributed by atoms with Gasteiger partial charge in [-0.25, -0.2) is 4.98 Å². The van der Waals surface area contributed by atoms with Gasteiger partial charge in [-0.15, -0.1) is 4.40 Å². The van der Waals surface area contributed by atoms with E-state index in [-0.39, 0.29) is 28.7 Å². The van der Waals surface area contributed by atoms with E-state index in [9.17, 15) is 17.6 Å². The molecule has 0 bridgehead atoms. The molecule has 8 nitrogen and oxygen atoms in total. The summed E-state index contributed by atoms with van der Waals surface area (Å²) in [5.74, 6) is -0.771. The summed E-state index contributed by atoms with van der Waals surface area (Å²) < 4.78 is 48.7. The van der Waals surface area contributed by atoms with E-state index in [1.165, 1.54) is 29.3 Å². The molecule has 11 heteroatoms. The molecule has 2 aromatic carbocycles. The minimum atomic E-state index is -4.15. The van der Waals surface area contributed by atoms with Crippen molar-refractivity contribution >= 4 is 39.6 Å². The van der Waals surface area contributed by atoms with E-state index in [0.29, 0.717) is 16.1 Å². The monoisotopic (exact) mass is 518 g/mol. The maximum absolute atomic E-state index is 13.1. The number of ether oxygens (including phenoxy) is 1. The van der Waals surface area contributed by atoms with Crippen LogP contribution in [0.5, 0.6) is 5.75 Å². The van der Waals surface area contributed by atoms with Crippen LogP contribution < -0.4 is 10.1 Å². The minimum Gasteiger partial charge on any atom is -0.484 e. The van der Waals surface area contributed by atoms with Crippen molar-refractivity contribution in [3.05, 3.63) is 82.9 Å². The predicted molar refractivity (Wildman–Crippen MR) is 133 cm³/mol. The van der Waals surface area contributed by atoms with Gasteiger partial charge in [-0.05, 0) is 42.8 Å². The van der Waals surface area contributed by atoms with Crippen LogP contribution in [0.4, 0.5) is 10.1 Å². The molecule has 0 aliphatic heterocycles. The summed E-state index contributed by atoms with van der Waals surface area (Å²) in [5, 5.41) is 3.16. The zero-order valence-corrected chi connectivity index (χ0v) is 20.8. The van der Waals surface area contributed by atoms with Crippen molar-refractivity contribution in [2.24, 2.45) is 4.40 Å². The summed E-state index contributed by atoms with van der Waals surface area (Å²) in [6.07, 6.45) is 1.62. The molecule has 1 N–H and O–H groups in total. The maximum atomic E-state index is 13.1. The molecular weight excluding hydrogens is 495 g/mol. The maximum Gasteiger partial charge on any atom is 0.284 e. The number of nitrogens with one attached hydrogen (secondary N) is 1. The van der Waals surface area contributed by atoms with Crippen LogP contribution in [0.3, 0.4) is 0 Å². The Balaban J connectivity index is 1.92. The molecule has 0 radical (unpaired) electrons. The molecule has 1 amide bonds. The number of rotatable bonds is 9. The number of sulfonamides is 1. The lowest BCUT2D eigenvalue weighted by atomic mass is 10.1. The van der Waals surface area contributed by atoms with E-state index in [1.807, 2.05) is 0 Å². The number of nitrogens with zero attached hydrogens (tertiary/aromatic N) is 3. The second-order valence-corrected chi connectivity index (χ2v) is 9.81. The molecule has 0 spiro atoms. The fourth-order valence-electron chi connectivity index (χ4n) is 3.10. The first kappa shape index (κ1) is 26.1. The molecule has 0 fully saturated rings. The highest BCUT2D eigenvalue weighted by atomic mass is 35.5. The number of benzene rings is 2. The largest absolute Gasteiger partial charge is 0.484 e. The minimum absolute atomic E-state index is 0.0133. The molecule has 1 aromatic heterocycles. The first-order valence-electron chi connectivity index (χ1n) is 10.5. The topological polar surface area (TPSA) is 101 Å². The molecule has 3 rings (SSSR count). The number of anilines is 1. The number of halogens is 2. The molecule has 0 aliphatic carbocycles. The lowest BCUT2D eigenvalue weighted by molar-refractivity contribution is -0.115. The highest BCUT2D eigenvalue weighted by Crippen LogP contribution is 2.30. The van der Waals surface area contributed by atoms with Gasteiger partial charge in [0.2, 0.25) is 11.9 Å². The van der Waals surface area contributed by atoms with Crippen LogP contribution in [0, 0.1) is 5.95 Å². The Bertz CT molecular complexity index is 1330. The first-order valence-corrected chi connectivity index (χ1v) is 12.3. The van der Waals surface area contributed by atoms with Gasteiger partial charge in [0.05, 0.1) is 17.5 Å². The third kappa shape index (κ3) is 7.24. The van der Waals surface area contributed by atoms with Crippen molar-refractivity contribution in [1.82, 2.24) is 9.88 Å². The fraction of sp³-hybridized carbons (Fsp3) is 0.208. The van der Waals surface area contributed by atoms with E-state index in [1.54, 1.807) is 51.4 Å². The lowest BCUT2D eigenvalue weighted by Crippen LogP contribution is -2.16. The van der Waals surface area contributed by atoms with E-state index in [4.69, 9.17) is 16.3 Å². The van der Waals surface area contributed by atoms with Crippen LogP contribution in [-0.2, 0) is 21.2 Å². The molecule has 0 aliphatic rings. The van der Waals surface area contributed by atoms with Crippen molar-refractivity contribution in [3.63, 3.8) is 0 Å². The average Bonchev–Trinajstić information content (AvgIpc) is 2.80. The standard InChI is InChI=1S/C24H24ClFN4O4S/c1-16(34-19-9-11-23(26)27-14-19)20-10-8-18(13-22(20)35(32,33)28-15-30(2)3)29-24(31)12-17-6-4-5-7-21(17)25/h4-11,13-16H,12H2,1-3H3,(H,29,31). The highest BCUT2D eigenvalue weighted by molar-refractivity contribution is 7.90. The average molecular weight is 519 g/mol. The van der Waals surface area contributed by atoms with Gasteiger partial charge in [-0.3, -0.25) is 4.79 Å². The van der Waals surface area contributed by atoms with E-state index < -0.39 is 22.1 Å². The van der Waals surface area contributed by atoms with Crippen molar-refractivity contribution in [1.29, 1.82) is 0 Å². The Hall–Kier alpha value is -3.50. The molecule has 1 unspecified atom stereocenters. The molecule has 1 heterocycles. The van der Waals surface area contributed by atoms with E-state index in [0.717, 1.165) is 12.4 Å². The van der Waals surface area contributed by atoms with Gasteiger partial charge in [-0.2, -0.15) is 12.8 Å². The van der Waals surface area contributed by atoms with Gasteiger partial charge in [0.25, 0.3) is 10.0 Å². The number of carbonyl (C=O) groups excluding carboxylic acids is 1. The summed E-state index contributed by atoms with van der Waals surface area (Å²) in [5.41, 5.74) is 1.20. The van der Waals surface area contributed by atoms with Gasteiger partial charge < -0.3 is 15.0 Å². The molecule has 0 saturated carbocycles. The van der Waals surface area contributed by atoms with Crippen LogP contribution in [0.2, 0.25) is 5.02 Å². The number of hydrogen-bond acceptors (Lipinski definition) is 5. The van der Waals surface area contributed by atoms with Crippen LogP contribution in [-0.4, -0.2) is 44.6 Å². The second kappa shape index (κ2) is 11.3. The summed E-state index contributed by atoms with van der Waals surface area (Å²) in [4.78, 5) is 17.5. The molecule has 3 aromatic rings. The van der Waals surface area contributed by atoms with Crippen LogP contribution in [0.15, 0.2) is 70.1 Å². The lowest BCUT2D eigenvalue weighted by Gasteiger charge is -2.19. The number of pyridine rings is 1. The van der Waals surface area contributed by atoms with Crippen LogP contribution >= 0.6 is 11.6 Å².